The van der Waals surface area contributed by atoms with E-state index in [0.29, 0.717) is 13.1 Å². The van der Waals surface area contributed by atoms with Crippen molar-refractivity contribution in [1.29, 1.82) is 0 Å². The molecule has 0 radical (unpaired) electrons. The topological polar surface area (TPSA) is 62.1 Å². The third-order valence-electron chi connectivity index (χ3n) is 4.57. The monoisotopic (exact) mass is 285 g/mol. The van der Waals surface area contributed by atoms with Gasteiger partial charge in [0, 0.05) is 48.2 Å². The highest BCUT2D eigenvalue weighted by molar-refractivity contribution is 5.86. The van der Waals surface area contributed by atoms with Gasteiger partial charge in [-0.1, -0.05) is 32.0 Å². The molecule has 1 aliphatic rings. The van der Waals surface area contributed by atoms with Crippen LogP contribution in [0.2, 0.25) is 0 Å². The van der Waals surface area contributed by atoms with Crippen molar-refractivity contribution in [2.45, 2.75) is 26.8 Å². The first-order chi connectivity index (χ1) is 10.1. The molecule has 1 aliphatic heterocycles. The highest BCUT2D eigenvalue weighted by atomic mass is 16.2. The number of nitrogens with two attached hydrogens (primary N) is 1. The number of para-hydroxylation sites is 1. The lowest BCUT2D eigenvalue weighted by Crippen LogP contribution is -2.43. The van der Waals surface area contributed by atoms with Crippen LogP contribution < -0.4 is 5.73 Å². The number of amides is 1. The first-order valence-electron chi connectivity index (χ1n) is 7.69. The highest BCUT2D eigenvalue weighted by Crippen LogP contribution is 2.28. The Morgan fingerprint density at radius 1 is 1.38 bits per heavy atom. The Bertz CT molecular complexity index is 659. The minimum atomic E-state index is -0.0724. The zero-order valence-electron chi connectivity index (χ0n) is 12.7. The minimum Gasteiger partial charge on any atom is -0.358 e. The average Bonchev–Trinajstić information content (AvgIpc) is 2.85. The van der Waals surface area contributed by atoms with Gasteiger partial charge in [-0.15, -0.1) is 0 Å². The van der Waals surface area contributed by atoms with Crippen LogP contribution in [0, 0.1) is 11.8 Å². The van der Waals surface area contributed by atoms with Gasteiger partial charge in [-0.3, -0.25) is 4.79 Å². The van der Waals surface area contributed by atoms with E-state index in [1.165, 1.54) is 16.6 Å². The van der Waals surface area contributed by atoms with E-state index in [1.807, 2.05) is 17.0 Å². The average molecular weight is 285 g/mol. The van der Waals surface area contributed by atoms with Crippen molar-refractivity contribution in [1.82, 2.24) is 9.88 Å². The molecule has 0 bridgehead atoms. The Labute approximate surface area is 125 Å². The molecule has 112 valence electrons. The second kappa shape index (κ2) is 5.53. The predicted octanol–water partition coefficient (Wildman–Crippen LogP) is 2.28. The lowest BCUT2D eigenvalue weighted by atomic mass is 9.93. The standard InChI is InChI=1S/C17H23N3O/c1-11(2)13(9-18)17(21)20-8-7-16-14(10-20)12-5-3-4-6-15(12)19-16/h3-6,11,13,19H,7-10,18H2,1-2H3. The highest BCUT2D eigenvalue weighted by Gasteiger charge is 2.29. The maximum absolute atomic E-state index is 12.7. The van der Waals surface area contributed by atoms with Crippen LogP contribution in [0.1, 0.15) is 25.1 Å². The molecule has 0 spiro atoms. The first-order valence-corrected chi connectivity index (χ1v) is 7.69. The normalized spacial score (nSPS) is 16.3. The van der Waals surface area contributed by atoms with Crippen LogP contribution in [0.4, 0.5) is 0 Å². The van der Waals surface area contributed by atoms with Crippen LogP contribution in [-0.2, 0) is 17.8 Å². The van der Waals surface area contributed by atoms with Crippen molar-refractivity contribution in [3.63, 3.8) is 0 Å². The lowest BCUT2D eigenvalue weighted by Gasteiger charge is -2.31. The Kier molecular flexibility index (Phi) is 3.72. The van der Waals surface area contributed by atoms with Crippen LogP contribution >= 0.6 is 0 Å². The zero-order valence-corrected chi connectivity index (χ0v) is 12.7. The van der Waals surface area contributed by atoms with Crippen molar-refractivity contribution in [3.05, 3.63) is 35.5 Å². The maximum atomic E-state index is 12.7. The third kappa shape index (κ3) is 2.44. The molecule has 4 heteroatoms. The largest absolute Gasteiger partial charge is 0.358 e. The number of benzene rings is 1. The van der Waals surface area contributed by atoms with Crippen LogP contribution in [0.3, 0.4) is 0 Å². The second-order valence-corrected chi connectivity index (χ2v) is 6.22. The molecule has 0 saturated heterocycles. The van der Waals surface area contributed by atoms with Gasteiger partial charge in [0.05, 0.1) is 5.92 Å². The molecular weight excluding hydrogens is 262 g/mol. The van der Waals surface area contributed by atoms with E-state index < -0.39 is 0 Å². The molecule has 0 saturated carbocycles. The van der Waals surface area contributed by atoms with Crippen LogP contribution in [0.25, 0.3) is 10.9 Å². The van der Waals surface area contributed by atoms with Crippen molar-refractivity contribution < 1.29 is 4.79 Å². The number of carbonyl (C=O) groups is 1. The molecule has 0 aliphatic carbocycles. The molecule has 21 heavy (non-hydrogen) atoms. The Morgan fingerprint density at radius 2 is 2.14 bits per heavy atom. The summed E-state index contributed by atoms with van der Waals surface area (Å²) < 4.78 is 0. The molecule has 1 aromatic carbocycles. The van der Waals surface area contributed by atoms with E-state index in [0.717, 1.165) is 18.5 Å². The van der Waals surface area contributed by atoms with E-state index in [2.05, 4.69) is 31.0 Å². The summed E-state index contributed by atoms with van der Waals surface area (Å²) in [6.45, 7) is 6.03. The molecule has 1 unspecified atom stereocenters. The molecule has 1 atom stereocenters. The molecule has 3 rings (SSSR count). The first kappa shape index (κ1) is 14.1. The number of carbonyl (C=O) groups excluding carboxylic acids is 1. The summed E-state index contributed by atoms with van der Waals surface area (Å²) in [7, 11) is 0. The summed E-state index contributed by atoms with van der Waals surface area (Å²) >= 11 is 0. The molecule has 1 amide bonds. The van der Waals surface area contributed by atoms with Gasteiger partial charge >= 0.3 is 0 Å². The lowest BCUT2D eigenvalue weighted by molar-refractivity contribution is -0.137. The number of nitrogens with one attached hydrogen (secondary N) is 1. The number of H-pyrrole nitrogens is 1. The number of aromatic amines is 1. The SMILES string of the molecule is CC(C)C(CN)C(=O)N1CCc2[nH]c3ccccc3c2C1. The van der Waals surface area contributed by atoms with E-state index >= 15 is 0 Å². The van der Waals surface area contributed by atoms with E-state index in [1.54, 1.807) is 0 Å². The van der Waals surface area contributed by atoms with Crippen LogP contribution in [-0.4, -0.2) is 28.9 Å². The molecule has 3 N–H and O–H groups in total. The van der Waals surface area contributed by atoms with E-state index in [-0.39, 0.29) is 17.7 Å². The second-order valence-electron chi connectivity index (χ2n) is 6.22. The third-order valence-corrected chi connectivity index (χ3v) is 4.57. The van der Waals surface area contributed by atoms with Gasteiger partial charge in [-0.2, -0.15) is 0 Å². The van der Waals surface area contributed by atoms with Crippen molar-refractivity contribution in [2.75, 3.05) is 13.1 Å². The Hall–Kier alpha value is -1.81. The summed E-state index contributed by atoms with van der Waals surface area (Å²) in [4.78, 5) is 18.1. The van der Waals surface area contributed by atoms with E-state index in [9.17, 15) is 4.79 Å². The van der Waals surface area contributed by atoms with Gasteiger partial charge in [-0.05, 0) is 12.0 Å². The molecule has 1 aromatic heterocycles. The van der Waals surface area contributed by atoms with Gasteiger partial charge in [-0.25, -0.2) is 0 Å². The summed E-state index contributed by atoms with van der Waals surface area (Å²) in [6.07, 6.45) is 0.894. The Balaban J connectivity index is 1.88. The maximum Gasteiger partial charge on any atom is 0.227 e. The number of aromatic nitrogens is 1. The molecule has 4 nitrogen and oxygen atoms in total. The van der Waals surface area contributed by atoms with Crippen LogP contribution in [0.15, 0.2) is 24.3 Å². The smallest absolute Gasteiger partial charge is 0.227 e. The van der Waals surface area contributed by atoms with Crippen molar-refractivity contribution >= 4 is 16.8 Å². The van der Waals surface area contributed by atoms with E-state index in [4.69, 9.17) is 5.73 Å². The summed E-state index contributed by atoms with van der Waals surface area (Å²) in [5.41, 5.74) is 9.50. The number of fused-ring (bicyclic) bond motifs is 3. The van der Waals surface area contributed by atoms with Gasteiger partial charge in [0.2, 0.25) is 5.91 Å². The minimum absolute atomic E-state index is 0.0724. The number of hydrogen-bond donors (Lipinski definition) is 2. The number of rotatable bonds is 3. The van der Waals surface area contributed by atoms with Crippen molar-refractivity contribution in [2.24, 2.45) is 17.6 Å². The van der Waals surface area contributed by atoms with Gasteiger partial charge in [0.15, 0.2) is 0 Å². The predicted molar refractivity (Wildman–Crippen MR) is 84.8 cm³/mol. The number of nitrogens with zero attached hydrogens (tertiary/aromatic N) is 1. The quantitative estimate of drug-likeness (QED) is 0.909. The molecular formula is C17H23N3O. The molecule has 0 fully saturated rings. The van der Waals surface area contributed by atoms with Crippen molar-refractivity contribution in [3.8, 4) is 0 Å². The summed E-state index contributed by atoms with van der Waals surface area (Å²) in [6, 6.07) is 8.31. The zero-order chi connectivity index (χ0) is 15.0. The summed E-state index contributed by atoms with van der Waals surface area (Å²) in [5.74, 6) is 0.409. The Morgan fingerprint density at radius 3 is 2.86 bits per heavy atom. The molecule has 2 aromatic rings. The fourth-order valence-corrected chi connectivity index (χ4v) is 3.25. The van der Waals surface area contributed by atoms with Gasteiger partial charge < -0.3 is 15.6 Å². The number of hydrogen-bond acceptors (Lipinski definition) is 2. The fourth-order valence-electron chi connectivity index (χ4n) is 3.25. The molecule has 2 heterocycles. The fraction of sp³-hybridized carbons (Fsp3) is 0.471. The van der Waals surface area contributed by atoms with Crippen LogP contribution in [0.5, 0.6) is 0 Å². The summed E-state index contributed by atoms with van der Waals surface area (Å²) in [5, 5.41) is 1.24. The van der Waals surface area contributed by atoms with Gasteiger partial charge in [0.25, 0.3) is 0 Å². The van der Waals surface area contributed by atoms with Gasteiger partial charge in [0.1, 0.15) is 0 Å².